The largest absolute Gasteiger partial charge is 0.334 e. The lowest BCUT2D eigenvalue weighted by atomic mass is 9.90. The number of hydrogen-bond donors (Lipinski definition) is 1. The summed E-state index contributed by atoms with van der Waals surface area (Å²) in [5.74, 6) is 0.0822. The Hall–Kier alpha value is -1.94. The van der Waals surface area contributed by atoms with Crippen LogP contribution in [0.25, 0.3) is 10.9 Å². The van der Waals surface area contributed by atoms with Crippen molar-refractivity contribution >= 4 is 16.8 Å². The Kier molecular flexibility index (Phi) is 3.65. The molecule has 4 heteroatoms. The second-order valence-electron chi connectivity index (χ2n) is 5.25. The first-order valence-corrected chi connectivity index (χ1v) is 7.16. The van der Waals surface area contributed by atoms with Crippen molar-refractivity contribution in [2.24, 2.45) is 5.73 Å². The number of fused-ring (bicyclic) bond motifs is 1. The lowest BCUT2D eigenvalue weighted by molar-refractivity contribution is 0.0591. The minimum atomic E-state index is 0.0822. The predicted molar refractivity (Wildman–Crippen MR) is 79.5 cm³/mol. The topological polar surface area (TPSA) is 59.2 Å². The molecular weight excluding hydrogens is 250 g/mol. The number of nitrogens with two attached hydrogens (primary N) is 1. The van der Waals surface area contributed by atoms with Crippen molar-refractivity contribution in [1.29, 1.82) is 0 Å². The van der Waals surface area contributed by atoms with E-state index in [1.807, 2.05) is 35.2 Å². The third kappa shape index (κ3) is 2.27. The summed E-state index contributed by atoms with van der Waals surface area (Å²) in [5.41, 5.74) is 7.26. The molecule has 4 nitrogen and oxygen atoms in total. The van der Waals surface area contributed by atoms with Crippen molar-refractivity contribution in [2.45, 2.75) is 25.3 Å². The fourth-order valence-corrected chi connectivity index (χ4v) is 2.73. The fraction of sp³-hybridized carbons (Fsp3) is 0.375. The molecule has 1 saturated carbocycles. The van der Waals surface area contributed by atoms with E-state index in [0.717, 1.165) is 29.3 Å². The van der Waals surface area contributed by atoms with Crippen molar-refractivity contribution in [3.05, 3.63) is 42.1 Å². The van der Waals surface area contributed by atoms with Crippen molar-refractivity contribution in [3.63, 3.8) is 0 Å². The molecule has 1 aromatic heterocycles. The number of carbonyl (C=O) groups is 1. The normalized spacial score (nSPS) is 15.1. The Morgan fingerprint density at radius 3 is 2.85 bits per heavy atom. The summed E-state index contributed by atoms with van der Waals surface area (Å²) < 4.78 is 0. The minimum Gasteiger partial charge on any atom is -0.334 e. The molecule has 1 aliphatic rings. The smallest absolute Gasteiger partial charge is 0.254 e. The number of amides is 1. The maximum Gasteiger partial charge on any atom is 0.254 e. The Balaban J connectivity index is 1.98. The van der Waals surface area contributed by atoms with Gasteiger partial charge in [0.2, 0.25) is 0 Å². The average Bonchev–Trinajstić information content (AvgIpc) is 2.43. The van der Waals surface area contributed by atoms with Gasteiger partial charge in [-0.05, 0) is 37.5 Å². The van der Waals surface area contributed by atoms with Gasteiger partial charge in [0, 0.05) is 36.3 Å². The van der Waals surface area contributed by atoms with E-state index in [9.17, 15) is 4.79 Å². The van der Waals surface area contributed by atoms with E-state index in [1.165, 1.54) is 6.42 Å². The first kappa shape index (κ1) is 13.1. The second-order valence-corrected chi connectivity index (χ2v) is 5.25. The van der Waals surface area contributed by atoms with Gasteiger partial charge in [-0.25, -0.2) is 0 Å². The van der Waals surface area contributed by atoms with Crippen molar-refractivity contribution < 1.29 is 4.79 Å². The summed E-state index contributed by atoms with van der Waals surface area (Å²) in [6.07, 6.45) is 5.14. The monoisotopic (exact) mass is 269 g/mol. The Morgan fingerprint density at radius 1 is 1.30 bits per heavy atom. The van der Waals surface area contributed by atoms with Gasteiger partial charge in [-0.2, -0.15) is 0 Å². The van der Waals surface area contributed by atoms with E-state index in [2.05, 4.69) is 4.98 Å². The van der Waals surface area contributed by atoms with Gasteiger partial charge in [-0.15, -0.1) is 0 Å². The zero-order chi connectivity index (χ0) is 13.9. The fourth-order valence-electron chi connectivity index (χ4n) is 2.73. The Labute approximate surface area is 118 Å². The molecular formula is C16H19N3O. The maximum absolute atomic E-state index is 12.8. The van der Waals surface area contributed by atoms with Crippen LogP contribution in [0.4, 0.5) is 0 Å². The van der Waals surface area contributed by atoms with Gasteiger partial charge in [0.25, 0.3) is 5.91 Å². The van der Waals surface area contributed by atoms with Crippen LogP contribution in [0.15, 0.2) is 36.5 Å². The number of aromatic nitrogens is 1. The summed E-state index contributed by atoms with van der Waals surface area (Å²) in [6, 6.07) is 9.89. The van der Waals surface area contributed by atoms with Gasteiger partial charge in [-0.3, -0.25) is 9.78 Å². The van der Waals surface area contributed by atoms with Crippen LogP contribution >= 0.6 is 0 Å². The summed E-state index contributed by atoms with van der Waals surface area (Å²) in [4.78, 5) is 19.1. The van der Waals surface area contributed by atoms with Crippen LogP contribution in [0.1, 0.15) is 29.6 Å². The van der Waals surface area contributed by atoms with E-state index < -0.39 is 0 Å². The molecule has 0 atom stereocenters. The van der Waals surface area contributed by atoms with Crippen LogP contribution in [-0.2, 0) is 0 Å². The van der Waals surface area contributed by atoms with E-state index in [4.69, 9.17) is 5.73 Å². The SMILES string of the molecule is NCCN(C(=O)c1cccc2ncccc12)C1CCC1. The molecule has 0 aliphatic heterocycles. The van der Waals surface area contributed by atoms with E-state index in [-0.39, 0.29) is 5.91 Å². The van der Waals surface area contributed by atoms with Crippen LogP contribution < -0.4 is 5.73 Å². The predicted octanol–water partition coefficient (Wildman–Crippen LogP) is 2.19. The molecule has 1 fully saturated rings. The number of benzene rings is 1. The van der Waals surface area contributed by atoms with Crippen LogP contribution in [0.2, 0.25) is 0 Å². The highest BCUT2D eigenvalue weighted by molar-refractivity contribution is 6.06. The molecule has 0 saturated heterocycles. The van der Waals surface area contributed by atoms with Gasteiger partial charge in [0.05, 0.1) is 5.52 Å². The highest BCUT2D eigenvalue weighted by atomic mass is 16.2. The minimum absolute atomic E-state index is 0.0822. The van der Waals surface area contributed by atoms with E-state index in [0.29, 0.717) is 19.1 Å². The van der Waals surface area contributed by atoms with Crippen LogP contribution in [0, 0.1) is 0 Å². The van der Waals surface area contributed by atoms with Crippen molar-refractivity contribution in [3.8, 4) is 0 Å². The van der Waals surface area contributed by atoms with Crippen molar-refractivity contribution in [1.82, 2.24) is 9.88 Å². The molecule has 2 aromatic rings. The number of hydrogen-bond acceptors (Lipinski definition) is 3. The highest BCUT2D eigenvalue weighted by Crippen LogP contribution is 2.27. The molecule has 3 rings (SSSR count). The molecule has 1 aliphatic carbocycles. The van der Waals surface area contributed by atoms with E-state index >= 15 is 0 Å². The van der Waals surface area contributed by atoms with Gasteiger partial charge in [-0.1, -0.05) is 12.1 Å². The van der Waals surface area contributed by atoms with Crippen LogP contribution in [-0.4, -0.2) is 34.9 Å². The van der Waals surface area contributed by atoms with Crippen LogP contribution in [0.5, 0.6) is 0 Å². The quantitative estimate of drug-likeness (QED) is 0.925. The Bertz CT molecular complexity index is 617. The third-order valence-electron chi connectivity index (χ3n) is 4.02. The van der Waals surface area contributed by atoms with E-state index in [1.54, 1.807) is 6.20 Å². The maximum atomic E-state index is 12.8. The van der Waals surface area contributed by atoms with Crippen LogP contribution in [0.3, 0.4) is 0 Å². The number of carbonyl (C=O) groups excluding carboxylic acids is 1. The summed E-state index contributed by atoms with van der Waals surface area (Å²) >= 11 is 0. The first-order valence-electron chi connectivity index (χ1n) is 7.16. The lowest BCUT2D eigenvalue weighted by Gasteiger charge is -2.37. The van der Waals surface area contributed by atoms with Gasteiger partial charge >= 0.3 is 0 Å². The van der Waals surface area contributed by atoms with Gasteiger partial charge < -0.3 is 10.6 Å². The zero-order valence-corrected chi connectivity index (χ0v) is 11.5. The molecule has 0 radical (unpaired) electrons. The zero-order valence-electron chi connectivity index (χ0n) is 11.5. The summed E-state index contributed by atoms with van der Waals surface area (Å²) in [5, 5.41) is 0.918. The second kappa shape index (κ2) is 5.59. The van der Waals surface area contributed by atoms with Gasteiger partial charge in [0.15, 0.2) is 0 Å². The number of pyridine rings is 1. The average molecular weight is 269 g/mol. The molecule has 1 heterocycles. The summed E-state index contributed by atoms with van der Waals surface area (Å²) in [6.45, 7) is 1.13. The molecule has 0 bridgehead atoms. The summed E-state index contributed by atoms with van der Waals surface area (Å²) in [7, 11) is 0. The molecule has 104 valence electrons. The highest BCUT2D eigenvalue weighted by Gasteiger charge is 2.29. The van der Waals surface area contributed by atoms with Gasteiger partial charge in [0.1, 0.15) is 0 Å². The van der Waals surface area contributed by atoms with Crippen molar-refractivity contribution in [2.75, 3.05) is 13.1 Å². The standard InChI is InChI=1S/C16H19N3O/c17-9-11-19(12-4-1-5-12)16(20)14-6-2-8-15-13(14)7-3-10-18-15/h2-3,6-8,10,12H,1,4-5,9,11,17H2. The third-order valence-corrected chi connectivity index (χ3v) is 4.02. The molecule has 1 amide bonds. The Morgan fingerprint density at radius 2 is 2.15 bits per heavy atom. The molecule has 0 unspecified atom stereocenters. The molecule has 0 spiro atoms. The first-order chi connectivity index (χ1) is 9.81. The molecule has 20 heavy (non-hydrogen) atoms. The lowest BCUT2D eigenvalue weighted by Crippen LogP contribution is -2.46. The number of nitrogens with zero attached hydrogens (tertiary/aromatic N) is 2. The number of rotatable bonds is 4. The molecule has 2 N–H and O–H groups in total. The molecule has 1 aromatic carbocycles.